The first kappa shape index (κ1) is 16.4. The summed E-state index contributed by atoms with van der Waals surface area (Å²) in [6.45, 7) is 10.7. The molecule has 0 aromatic carbocycles. The Bertz CT molecular complexity index is 294. The second-order valence-electron chi connectivity index (χ2n) is 5.82. The van der Waals surface area contributed by atoms with E-state index in [9.17, 15) is 4.79 Å². The Morgan fingerprint density at radius 3 is 2.63 bits per heavy atom. The zero-order valence-electron chi connectivity index (χ0n) is 13.2. The molecular formula is C15H30N2O2. The molecule has 2 unspecified atom stereocenters. The third-order valence-corrected chi connectivity index (χ3v) is 4.28. The van der Waals surface area contributed by atoms with Crippen LogP contribution in [0.15, 0.2) is 0 Å². The molecule has 0 spiro atoms. The lowest BCUT2D eigenvalue weighted by Gasteiger charge is -2.33. The molecule has 0 saturated heterocycles. The van der Waals surface area contributed by atoms with Crippen LogP contribution in [0.25, 0.3) is 0 Å². The van der Waals surface area contributed by atoms with E-state index >= 15 is 0 Å². The maximum Gasteiger partial charge on any atom is 0.326 e. The van der Waals surface area contributed by atoms with Crippen molar-refractivity contribution in [2.24, 2.45) is 0 Å². The standard InChI is InChI=1S/C15H30N2O2/c1-6-10-16-15(14(18)19-5)9-8-13(11-15)17(7-2)12(3)4/h12-13,16H,6-11H2,1-5H3. The van der Waals surface area contributed by atoms with Gasteiger partial charge in [0.15, 0.2) is 0 Å². The van der Waals surface area contributed by atoms with Gasteiger partial charge in [0, 0.05) is 12.1 Å². The summed E-state index contributed by atoms with van der Waals surface area (Å²) in [5, 5.41) is 3.44. The normalized spacial score (nSPS) is 27.2. The lowest BCUT2D eigenvalue weighted by Crippen LogP contribution is -2.52. The van der Waals surface area contributed by atoms with Crippen LogP contribution in [-0.4, -0.2) is 48.7 Å². The van der Waals surface area contributed by atoms with Crippen molar-refractivity contribution in [1.82, 2.24) is 10.2 Å². The molecule has 0 heterocycles. The van der Waals surface area contributed by atoms with Gasteiger partial charge in [0.25, 0.3) is 0 Å². The largest absolute Gasteiger partial charge is 0.468 e. The maximum absolute atomic E-state index is 12.2. The number of rotatable bonds is 7. The Morgan fingerprint density at radius 1 is 1.47 bits per heavy atom. The molecule has 1 aliphatic rings. The van der Waals surface area contributed by atoms with Crippen molar-refractivity contribution in [3.8, 4) is 0 Å². The van der Waals surface area contributed by atoms with E-state index in [4.69, 9.17) is 4.74 Å². The number of carbonyl (C=O) groups excluding carboxylic acids is 1. The van der Waals surface area contributed by atoms with E-state index in [0.29, 0.717) is 12.1 Å². The first-order valence-corrected chi connectivity index (χ1v) is 7.60. The average molecular weight is 270 g/mol. The molecule has 1 rings (SSSR count). The van der Waals surface area contributed by atoms with Crippen LogP contribution in [0.4, 0.5) is 0 Å². The van der Waals surface area contributed by atoms with Gasteiger partial charge in [0.05, 0.1) is 7.11 Å². The summed E-state index contributed by atoms with van der Waals surface area (Å²) in [5.74, 6) is -0.0942. The van der Waals surface area contributed by atoms with Crippen LogP contribution < -0.4 is 5.32 Å². The molecule has 0 amide bonds. The molecule has 0 aliphatic heterocycles. The molecule has 1 fully saturated rings. The van der Waals surface area contributed by atoms with Crippen LogP contribution >= 0.6 is 0 Å². The van der Waals surface area contributed by atoms with E-state index in [1.165, 1.54) is 7.11 Å². The smallest absolute Gasteiger partial charge is 0.326 e. The molecule has 112 valence electrons. The van der Waals surface area contributed by atoms with Gasteiger partial charge in [-0.3, -0.25) is 9.69 Å². The lowest BCUT2D eigenvalue weighted by molar-refractivity contribution is -0.148. The minimum absolute atomic E-state index is 0.0942. The number of esters is 1. The highest BCUT2D eigenvalue weighted by Crippen LogP contribution is 2.35. The summed E-state index contributed by atoms with van der Waals surface area (Å²) >= 11 is 0. The summed E-state index contributed by atoms with van der Waals surface area (Å²) in [5.41, 5.74) is -0.461. The molecule has 4 heteroatoms. The summed E-state index contributed by atoms with van der Waals surface area (Å²) in [4.78, 5) is 14.6. The number of ether oxygens (including phenoxy) is 1. The van der Waals surface area contributed by atoms with Crippen molar-refractivity contribution in [3.63, 3.8) is 0 Å². The molecule has 0 aromatic heterocycles. The third-order valence-electron chi connectivity index (χ3n) is 4.28. The Morgan fingerprint density at radius 2 is 2.16 bits per heavy atom. The van der Waals surface area contributed by atoms with Gasteiger partial charge < -0.3 is 10.1 Å². The number of nitrogens with one attached hydrogen (secondary N) is 1. The number of hydrogen-bond acceptors (Lipinski definition) is 4. The minimum atomic E-state index is -0.461. The number of nitrogens with zero attached hydrogens (tertiary/aromatic N) is 1. The molecule has 1 saturated carbocycles. The quantitative estimate of drug-likeness (QED) is 0.720. The van der Waals surface area contributed by atoms with Gasteiger partial charge in [0.1, 0.15) is 5.54 Å². The van der Waals surface area contributed by atoms with Crippen molar-refractivity contribution < 1.29 is 9.53 Å². The van der Waals surface area contributed by atoms with Crippen molar-refractivity contribution in [2.45, 2.75) is 71.0 Å². The van der Waals surface area contributed by atoms with Crippen LogP contribution in [0.1, 0.15) is 53.4 Å². The van der Waals surface area contributed by atoms with E-state index in [-0.39, 0.29) is 5.97 Å². The minimum Gasteiger partial charge on any atom is -0.468 e. The second kappa shape index (κ2) is 7.25. The van der Waals surface area contributed by atoms with Crippen molar-refractivity contribution in [1.29, 1.82) is 0 Å². The van der Waals surface area contributed by atoms with Crippen LogP contribution in [0, 0.1) is 0 Å². The first-order valence-electron chi connectivity index (χ1n) is 7.60. The molecule has 0 bridgehead atoms. The van der Waals surface area contributed by atoms with Gasteiger partial charge in [-0.25, -0.2) is 0 Å². The summed E-state index contributed by atoms with van der Waals surface area (Å²) < 4.78 is 5.04. The molecule has 4 nitrogen and oxygen atoms in total. The zero-order chi connectivity index (χ0) is 14.5. The summed E-state index contributed by atoms with van der Waals surface area (Å²) in [6, 6.07) is 1.00. The third kappa shape index (κ3) is 3.69. The van der Waals surface area contributed by atoms with Crippen LogP contribution in [0.2, 0.25) is 0 Å². The monoisotopic (exact) mass is 270 g/mol. The fraction of sp³-hybridized carbons (Fsp3) is 0.933. The average Bonchev–Trinajstić information content (AvgIpc) is 2.81. The molecule has 2 atom stereocenters. The van der Waals surface area contributed by atoms with E-state index in [1.807, 2.05) is 0 Å². The zero-order valence-corrected chi connectivity index (χ0v) is 13.2. The highest BCUT2D eigenvalue weighted by atomic mass is 16.5. The number of hydrogen-bond donors (Lipinski definition) is 1. The van der Waals surface area contributed by atoms with Gasteiger partial charge in [-0.15, -0.1) is 0 Å². The first-order chi connectivity index (χ1) is 9.00. The molecule has 19 heavy (non-hydrogen) atoms. The van der Waals surface area contributed by atoms with E-state index in [0.717, 1.165) is 38.8 Å². The molecule has 1 N–H and O–H groups in total. The fourth-order valence-corrected chi connectivity index (χ4v) is 3.33. The fourth-order valence-electron chi connectivity index (χ4n) is 3.33. The lowest BCUT2D eigenvalue weighted by atomic mass is 9.96. The molecule has 0 radical (unpaired) electrons. The van der Waals surface area contributed by atoms with E-state index < -0.39 is 5.54 Å². The van der Waals surface area contributed by atoms with Crippen LogP contribution in [0.5, 0.6) is 0 Å². The van der Waals surface area contributed by atoms with Crippen molar-refractivity contribution >= 4 is 5.97 Å². The van der Waals surface area contributed by atoms with Gasteiger partial charge in [-0.05, 0) is 52.6 Å². The number of carbonyl (C=O) groups is 1. The van der Waals surface area contributed by atoms with Gasteiger partial charge in [0.2, 0.25) is 0 Å². The van der Waals surface area contributed by atoms with Gasteiger partial charge >= 0.3 is 5.97 Å². The topological polar surface area (TPSA) is 41.6 Å². The van der Waals surface area contributed by atoms with Crippen LogP contribution in [-0.2, 0) is 9.53 Å². The highest BCUT2D eigenvalue weighted by molar-refractivity contribution is 5.81. The molecular weight excluding hydrogens is 240 g/mol. The molecule has 0 aromatic rings. The molecule has 1 aliphatic carbocycles. The Hall–Kier alpha value is -0.610. The van der Waals surface area contributed by atoms with E-state index in [1.54, 1.807) is 0 Å². The predicted molar refractivity (Wildman–Crippen MR) is 78.2 cm³/mol. The Kier molecular flexibility index (Phi) is 6.27. The number of methoxy groups -OCH3 is 1. The van der Waals surface area contributed by atoms with Crippen molar-refractivity contribution in [2.75, 3.05) is 20.2 Å². The SMILES string of the molecule is CCCNC1(C(=O)OC)CCC(N(CC)C(C)C)C1. The Balaban J connectivity index is 2.78. The highest BCUT2D eigenvalue weighted by Gasteiger charge is 2.47. The van der Waals surface area contributed by atoms with Gasteiger partial charge in [-0.1, -0.05) is 13.8 Å². The summed E-state index contributed by atoms with van der Waals surface area (Å²) in [7, 11) is 1.49. The second-order valence-corrected chi connectivity index (χ2v) is 5.82. The maximum atomic E-state index is 12.2. The Labute approximate surface area is 117 Å². The predicted octanol–water partition coefficient (Wildman–Crippen LogP) is 2.18. The van der Waals surface area contributed by atoms with Crippen LogP contribution in [0.3, 0.4) is 0 Å². The summed E-state index contributed by atoms with van der Waals surface area (Å²) in [6.07, 6.45) is 3.85. The van der Waals surface area contributed by atoms with Crippen molar-refractivity contribution in [3.05, 3.63) is 0 Å². The van der Waals surface area contributed by atoms with E-state index in [2.05, 4.69) is 37.9 Å². The van der Waals surface area contributed by atoms with Gasteiger partial charge in [-0.2, -0.15) is 0 Å².